The number of aliphatic hydroxyl groups is 2. The molecule has 4 N–H and O–H groups in total. The van der Waals surface area contributed by atoms with E-state index in [1.54, 1.807) is 0 Å². The molecule has 1 fully saturated rings. The smallest absolute Gasteiger partial charge is 0.315 e. The van der Waals surface area contributed by atoms with Gasteiger partial charge in [-0.15, -0.1) is 0 Å². The van der Waals surface area contributed by atoms with Gasteiger partial charge in [0.2, 0.25) is 0 Å². The van der Waals surface area contributed by atoms with Crippen molar-refractivity contribution in [3.05, 3.63) is 0 Å². The van der Waals surface area contributed by atoms with E-state index in [9.17, 15) is 4.79 Å². The Bertz CT molecular complexity index is 287. The average Bonchev–Trinajstić information content (AvgIpc) is 2.44. The maximum atomic E-state index is 11.7. The summed E-state index contributed by atoms with van der Waals surface area (Å²) in [4.78, 5) is 11.7. The molecule has 20 heavy (non-hydrogen) atoms. The van der Waals surface area contributed by atoms with Crippen LogP contribution in [0.3, 0.4) is 0 Å². The summed E-state index contributed by atoms with van der Waals surface area (Å²) in [6, 6.07) is 0.144. The molecule has 1 aliphatic carbocycles. The van der Waals surface area contributed by atoms with Crippen LogP contribution < -0.4 is 10.6 Å². The average molecular weight is 286 g/mol. The normalized spacial score (nSPS) is 23.4. The van der Waals surface area contributed by atoms with E-state index in [1.807, 2.05) is 13.8 Å². The lowest BCUT2D eigenvalue weighted by molar-refractivity contribution is 0.148. The van der Waals surface area contributed by atoms with Crippen LogP contribution in [0.1, 0.15) is 52.4 Å². The SMILES string of the molecule is CC(C)(CO)CCCNC(=O)NC1CCC(CO)CC1. The molecule has 118 valence electrons. The van der Waals surface area contributed by atoms with Gasteiger partial charge in [0.25, 0.3) is 0 Å². The van der Waals surface area contributed by atoms with Gasteiger partial charge in [0.05, 0.1) is 0 Å². The number of carbonyl (C=O) groups is 1. The predicted molar refractivity (Wildman–Crippen MR) is 79.5 cm³/mol. The van der Waals surface area contributed by atoms with E-state index in [1.165, 1.54) is 0 Å². The van der Waals surface area contributed by atoms with Crippen molar-refractivity contribution in [2.75, 3.05) is 19.8 Å². The van der Waals surface area contributed by atoms with E-state index in [4.69, 9.17) is 10.2 Å². The molecule has 0 atom stereocenters. The Morgan fingerprint density at radius 2 is 1.85 bits per heavy atom. The number of urea groups is 1. The number of nitrogens with one attached hydrogen (secondary N) is 2. The van der Waals surface area contributed by atoms with Gasteiger partial charge in [-0.1, -0.05) is 13.8 Å². The summed E-state index contributed by atoms with van der Waals surface area (Å²) in [7, 11) is 0. The highest BCUT2D eigenvalue weighted by atomic mass is 16.3. The lowest BCUT2D eigenvalue weighted by Gasteiger charge is -2.28. The van der Waals surface area contributed by atoms with Crippen LogP contribution in [0.25, 0.3) is 0 Å². The molecule has 0 aromatic rings. The minimum atomic E-state index is -0.0979. The third kappa shape index (κ3) is 6.57. The molecule has 0 aliphatic heterocycles. The summed E-state index contributed by atoms with van der Waals surface area (Å²) in [5, 5.41) is 24.1. The molecule has 0 saturated heterocycles. The van der Waals surface area contributed by atoms with E-state index in [0.717, 1.165) is 38.5 Å². The summed E-state index contributed by atoms with van der Waals surface area (Å²) in [6.45, 7) is 5.12. The Kier molecular flexibility index (Phi) is 7.30. The molecule has 0 bridgehead atoms. The van der Waals surface area contributed by atoms with Crippen LogP contribution in [-0.4, -0.2) is 42.0 Å². The Hall–Kier alpha value is -0.810. The van der Waals surface area contributed by atoms with E-state index in [0.29, 0.717) is 12.5 Å². The second-order valence-electron chi connectivity index (χ2n) is 6.73. The molecule has 0 spiro atoms. The van der Waals surface area contributed by atoms with E-state index >= 15 is 0 Å². The standard InChI is InChI=1S/C15H30N2O3/c1-15(2,11-19)8-3-9-16-14(20)17-13-6-4-12(10-18)5-7-13/h12-13,18-19H,3-11H2,1-2H3,(H2,16,17,20). The lowest BCUT2D eigenvalue weighted by Crippen LogP contribution is -2.44. The van der Waals surface area contributed by atoms with Gasteiger partial charge in [0.15, 0.2) is 0 Å². The second kappa shape index (κ2) is 8.47. The fourth-order valence-electron chi connectivity index (χ4n) is 2.57. The highest BCUT2D eigenvalue weighted by Gasteiger charge is 2.21. The Balaban J connectivity index is 2.09. The van der Waals surface area contributed by atoms with Gasteiger partial charge in [-0.05, 0) is 49.9 Å². The Morgan fingerprint density at radius 3 is 2.40 bits per heavy atom. The van der Waals surface area contributed by atoms with Gasteiger partial charge in [0, 0.05) is 25.8 Å². The van der Waals surface area contributed by atoms with Gasteiger partial charge in [-0.3, -0.25) is 0 Å². The molecule has 0 aromatic carbocycles. The molecule has 2 amide bonds. The van der Waals surface area contributed by atoms with Crippen LogP contribution in [-0.2, 0) is 0 Å². The first-order valence-electron chi connectivity index (χ1n) is 7.73. The first-order valence-corrected chi connectivity index (χ1v) is 7.73. The molecule has 0 heterocycles. The third-order valence-corrected chi connectivity index (χ3v) is 4.18. The zero-order valence-electron chi connectivity index (χ0n) is 12.8. The van der Waals surface area contributed by atoms with Crippen molar-refractivity contribution in [1.29, 1.82) is 0 Å². The summed E-state index contributed by atoms with van der Waals surface area (Å²) in [6.07, 6.45) is 5.66. The molecule has 0 radical (unpaired) electrons. The molecule has 5 heteroatoms. The van der Waals surface area contributed by atoms with Gasteiger partial charge >= 0.3 is 6.03 Å². The van der Waals surface area contributed by atoms with Crippen LogP contribution in [0.5, 0.6) is 0 Å². The summed E-state index contributed by atoms with van der Waals surface area (Å²) < 4.78 is 0. The van der Waals surface area contributed by atoms with Gasteiger partial charge in [-0.25, -0.2) is 4.79 Å². The Morgan fingerprint density at radius 1 is 1.20 bits per heavy atom. The van der Waals surface area contributed by atoms with Gasteiger partial charge in [0.1, 0.15) is 0 Å². The zero-order valence-corrected chi connectivity index (χ0v) is 12.8. The lowest BCUT2D eigenvalue weighted by atomic mass is 9.87. The highest BCUT2D eigenvalue weighted by molar-refractivity contribution is 5.74. The molecule has 0 unspecified atom stereocenters. The first kappa shape index (κ1) is 17.2. The largest absolute Gasteiger partial charge is 0.396 e. The summed E-state index contributed by atoms with van der Waals surface area (Å²) >= 11 is 0. The van der Waals surface area contributed by atoms with Crippen molar-refractivity contribution < 1.29 is 15.0 Å². The minimum Gasteiger partial charge on any atom is -0.396 e. The second-order valence-corrected chi connectivity index (χ2v) is 6.73. The van der Waals surface area contributed by atoms with Crippen LogP contribution in [0.15, 0.2) is 0 Å². The number of amides is 2. The quantitative estimate of drug-likeness (QED) is 0.537. The highest BCUT2D eigenvalue weighted by Crippen LogP contribution is 2.23. The number of hydrogen-bond donors (Lipinski definition) is 4. The van der Waals surface area contributed by atoms with Crippen molar-refractivity contribution in [1.82, 2.24) is 10.6 Å². The number of hydrogen-bond acceptors (Lipinski definition) is 3. The maximum absolute atomic E-state index is 11.7. The van der Waals surface area contributed by atoms with E-state index in [-0.39, 0.29) is 30.7 Å². The monoisotopic (exact) mass is 286 g/mol. The van der Waals surface area contributed by atoms with Crippen molar-refractivity contribution in [3.63, 3.8) is 0 Å². The number of rotatable bonds is 7. The Labute approximate surface area is 122 Å². The minimum absolute atomic E-state index is 0.0686. The van der Waals surface area contributed by atoms with Gasteiger partial charge in [-0.2, -0.15) is 0 Å². The fraction of sp³-hybridized carbons (Fsp3) is 0.933. The maximum Gasteiger partial charge on any atom is 0.315 e. The molecule has 1 rings (SSSR count). The topological polar surface area (TPSA) is 81.6 Å². The third-order valence-electron chi connectivity index (χ3n) is 4.18. The van der Waals surface area contributed by atoms with Gasteiger partial charge < -0.3 is 20.8 Å². The van der Waals surface area contributed by atoms with Crippen molar-refractivity contribution in [3.8, 4) is 0 Å². The number of carbonyl (C=O) groups excluding carboxylic acids is 1. The summed E-state index contributed by atoms with van der Waals surface area (Å²) in [5.74, 6) is 0.414. The van der Waals surface area contributed by atoms with Crippen molar-refractivity contribution in [2.24, 2.45) is 11.3 Å². The molecular weight excluding hydrogens is 256 g/mol. The number of aliphatic hydroxyl groups excluding tert-OH is 2. The predicted octanol–water partition coefficient (Wildman–Crippen LogP) is 1.64. The summed E-state index contributed by atoms with van der Waals surface area (Å²) in [5.41, 5.74) is -0.0686. The zero-order chi connectivity index (χ0) is 15.0. The first-order chi connectivity index (χ1) is 9.46. The molecular formula is C15H30N2O3. The van der Waals surface area contributed by atoms with Crippen LogP contribution >= 0.6 is 0 Å². The fourth-order valence-corrected chi connectivity index (χ4v) is 2.57. The van der Waals surface area contributed by atoms with Crippen molar-refractivity contribution >= 4 is 6.03 Å². The molecule has 0 aromatic heterocycles. The van der Waals surface area contributed by atoms with Crippen LogP contribution in [0.2, 0.25) is 0 Å². The van der Waals surface area contributed by atoms with Crippen LogP contribution in [0, 0.1) is 11.3 Å². The van der Waals surface area contributed by atoms with Crippen molar-refractivity contribution in [2.45, 2.75) is 58.4 Å². The molecule has 1 aliphatic rings. The van der Waals surface area contributed by atoms with Crippen LogP contribution in [0.4, 0.5) is 4.79 Å². The van der Waals surface area contributed by atoms with E-state index in [2.05, 4.69) is 10.6 Å². The molecule has 5 nitrogen and oxygen atoms in total. The van der Waals surface area contributed by atoms with E-state index < -0.39 is 0 Å². The molecule has 1 saturated carbocycles.